The fraction of sp³-hybridized carbons (Fsp3) is 0.0185. The summed E-state index contributed by atoms with van der Waals surface area (Å²) in [6.07, 6.45) is 8.47. The van der Waals surface area contributed by atoms with E-state index in [1.165, 1.54) is 21.5 Å². The first-order valence-electron chi connectivity index (χ1n) is 20.0. The lowest BCUT2D eigenvalue weighted by molar-refractivity contribution is 0.564. The molecule has 0 amide bonds. The van der Waals surface area contributed by atoms with Crippen LogP contribution in [0.25, 0.3) is 99.8 Å². The van der Waals surface area contributed by atoms with Gasteiger partial charge in [0, 0.05) is 27.6 Å². The Morgan fingerprint density at radius 1 is 0.441 bits per heavy atom. The fourth-order valence-corrected chi connectivity index (χ4v) is 8.83. The van der Waals surface area contributed by atoms with Crippen molar-refractivity contribution in [2.45, 2.75) is 6.04 Å². The Hall–Kier alpha value is -7.89. The van der Waals surface area contributed by atoms with Crippen molar-refractivity contribution < 1.29 is 4.42 Å². The van der Waals surface area contributed by atoms with Crippen LogP contribution in [0.4, 0.5) is 0 Å². The SMILES string of the molecule is C1=CC2=c3oc4ccccc4c3=C(c3cccc(-c4nc(-c5ccc(-c6ccc7c(ccc8ccccc87)c6)cc5)nc(-c5cccc6ccccc56)n4)c3)NC2C=C1. The van der Waals surface area contributed by atoms with Gasteiger partial charge in [-0.3, -0.25) is 0 Å². The summed E-state index contributed by atoms with van der Waals surface area (Å²) in [5.74, 6) is 1.85. The van der Waals surface area contributed by atoms with E-state index in [1.807, 2.05) is 12.1 Å². The molecule has 5 nitrogen and oxygen atoms in total. The summed E-state index contributed by atoms with van der Waals surface area (Å²) in [5.41, 5.74) is 10.00. The van der Waals surface area contributed by atoms with Gasteiger partial charge >= 0.3 is 0 Å². The smallest absolute Gasteiger partial charge is 0.164 e. The van der Waals surface area contributed by atoms with Crippen LogP contribution in [0.2, 0.25) is 0 Å². The Kier molecular flexibility index (Phi) is 7.53. The summed E-state index contributed by atoms with van der Waals surface area (Å²) in [6, 6.07) is 59.7. The molecule has 276 valence electrons. The summed E-state index contributed by atoms with van der Waals surface area (Å²) >= 11 is 0. The molecule has 0 bridgehead atoms. The van der Waals surface area contributed by atoms with Crippen molar-refractivity contribution in [3.8, 4) is 45.3 Å². The summed E-state index contributed by atoms with van der Waals surface area (Å²) in [6.45, 7) is 0. The van der Waals surface area contributed by atoms with Gasteiger partial charge in [0.1, 0.15) is 11.0 Å². The monoisotopic (exact) mass is 754 g/mol. The number of aromatic nitrogens is 3. The molecule has 12 rings (SSSR count). The van der Waals surface area contributed by atoms with Crippen molar-refractivity contribution in [3.05, 3.63) is 210 Å². The zero-order chi connectivity index (χ0) is 38.9. The van der Waals surface area contributed by atoms with E-state index in [0.29, 0.717) is 17.5 Å². The molecule has 2 aliphatic rings. The standard InChI is InChI=1S/C54H34N4O/c1-4-17-42-34(11-1)13-10-20-44(42)54-57-52(36-26-23-33(24-27-36)37-29-30-43-38(31-37)28-25-35-12-2-3-16-41(35)43)56-53(58-54)40-15-9-14-39(32-40)50-49-46-19-6-8-22-48(46)59-51(49)45-18-5-7-21-47(45)55-50/h1-32,47,55H. The highest BCUT2D eigenvalue weighted by Gasteiger charge is 2.25. The van der Waals surface area contributed by atoms with Crippen molar-refractivity contribution >= 4 is 54.6 Å². The normalized spacial score (nSPS) is 14.5. The third-order valence-corrected chi connectivity index (χ3v) is 11.7. The molecule has 1 atom stereocenters. The second-order valence-electron chi connectivity index (χ2n) is 15.2. The van der Waals surface area contributed by atoms with Crippen LogP contribution >= 0.6 is 0 Å². The Balaban J connectivity index is 0.999. The molecular formula is C54H34N4O. The van der Waals surface area contributed by atoms with Crippen LogP contribution in [0.3, 0.4) is 0 Å². The van der Waals surface area contributed by atoms with E-state index in [-0.39, 0.29) is 6.04 Å². The number of nitrogens with zero attached hydrogens (tertiary/aromatic N) is 3. The summed E-state index contributed by atoms with van der Waals surface area (Å²) in [7, 11) is 0. The van der Waals surface area contributed by atoms with Crippen LogP contribution < -0.4 is 16.0 Å². The minimum Gasteiger partial charge on any atom is -0.456 e. The topological polar surface area (TPSA) is 63.8 Å². The number of para-hydroxylation sites is 1. The molecule has 1 aliphatic carbocycles. The molecule has 0 fully saturated rings. The van der Waals surface area contributed by atoms with Gasteiger partial charge in [-0.15, -0.1) is 0 Å². The molecule has 0 saturated heterocycles. The van der Waals surface area contributed by atoms with Crippen LogP contribution in [0.15, 0.2) is 199 Å². The fourth-order valence-electron chi connectivity index (χ4n) is 8.83. The first-order chi connectivity index (χ1) is 29.2. The molecule has 3 heterocycles. The number of fused-ring (bicyclic) bond motifs is 8. The molecule has 0 spiro atoms. The lowest BCUT2D eigenvalue weighted by Crippen LogP contribution is -2.44. The maximum atomic E-state index is 6.55. The highest BCUT2D eigenvalue weighted by atomic mass is 16.3. The molecular weight excluding hydrogens is 721 g/mol. The Morgan fingerprint density at radius 3 is 1.97 bits per heavy atom. The highest BCUT2D eigenvalue weighted by molar-refractivity contribution is 6.08. The first-order valence-corrected chi connectivity index (χ1v) is 20.0. The Morgan fingerprint density at radius 2 is 1.08 bits per heavy atom. The maximum Gasteiger partial charge on any atom is 0.164 e. The molecule has 0 saturated carbocycles. The van der Waals surface area contributed by atoms with Gasteiger partial charge in [-0.25, -0.2) is 15.0 Å². The molecule has 1 aliphatic heterocycles. The van der Waals surface area contributed by atoms with Crippen LogP contribution in [0.1, 0.15) is 5.56 Å². The van der Waals surface area contributed by atoms with Crippen LogP contribution in [0.5, 0.6) is 0 Å². The van der Waals surface area contributed by atoms with E-state index in [4.69, 9.17) is 19.4 Å². The Labute approximate surface area is 339 Å². The predicted octanol–water partition coefficient (Wildman–Crippen LogP) is 11.2. The second kappa shape index (κ2) is 13.4. The minimum atomic E-state index is -0.00841. The van der Waals surface area contributed by atoms with Crippen LogP contribution in [-0.4, -0.2) is 21.0 Å². The quantitative estimate of drug-likeness (QED) is 0.177. The van der Waals surface area contributed by atoms with Crippen molar-refractivity contribution in [2.24, 2.45) is 0 Å². The van der Waals surface area contributed by atoms with Gasteiger partial charge in [0.2, 0.25) is 0 Å². The third kappa shape index (κ3) is 5.58. The molecule has 5 heteroatoms. The number of benzene rings is 8. The highest BCUT2D eigenvalue weighted by Crippen LogP contribution is 2.33. The second-order valence-corrected chi connectivity index (χ2v) is 15.2. The van der Waals surface area contributed by atoms with Gasteiger partial charge in [-0.05, 0) is 67.2 Å². The van der Waals surface area contributed by atoms with Gasteiger partial charge < -0.3 is 9.73 Å². The summed E-state index contributed by atoms with van der Waals surface area (Å²) in [5, 5.41) is 13.2. The zero-order valence-corrected chi connectivity index (χ0v) is 31.8. The summed E-state index contributed by atoms with van der Waals surface area (Å²) < 4.78 is 6.55. The average Bonchev–Trinajstić information content (AvgIpc) is 3.71. The lowest BCUT2D eigenvalue weighted by Gasteiger charge is -2.25. The number of rotatable bonds is 5. The third-order valence-electron chi connectivity index (χ3n) is 11.7. The molecule has 8 aromatic carbocycles. The molecule has 1 unspecified atom stereocenters. The van der Waals surface area contributed by atoms with E-state index in [1.54, 1.807) is 0 Å². The van der Waals surface area contributed by atoms with E-state index in [9.17, 15) is 0 Å². The number of allylic oxidation sites excluding steroid dienone is 2. The number of hydrogen-bond acceptors (Lipinski definition) is 5. The minimum absolute atomic E-state index is 0.00841. The van der Waals surface area contributed by atoms with E-state index >= 15 is 0 Å². The summed E-state index contributed by atoms with van der Waals surface area (Å²) in [4.78, 5) is 15.6. The molecule has 1 N–H and O–H groups in total. The van der Waals surface area contributed by atoms with Crippen molar-refractivity contribution in [1.82, 2.24) is 20.3 Å². The largest absolute Gasteiger partial charge is 0.456 e. The van der Waals surface area contributed by atoms with Crippen molar-refractivity contribution in [2.75, 3.05) is 0 Å². The van der Waals surface area contributed by atoms with E-state index < -0.39 is 0 Å². The van der Waals surface area contributed by atoms with Gasteiger partial charge in [0.15, 0.2) is 17.5 Å². The first kappa shape index (κ1) is 33.3. The maximum absolute atomic E-state index is 6.55. The number of hydrogen-bond donors (Lipinski definition) is 1. The van der Waals surface area contributed by atoms with E-state index in [0.717, 1.165) is 77.0 Å². The lowest BCUT2D eigenvalue weighted by atomic mass is 9.94. The average molecular weight is 755 g/mol. The van der Waals surface area contributed by atoms with Gasteiger partial charge in [0.25, 0.3) is 0 Å². The molecule has 0 radical (unpaired) electrons. The van der Waals surface area contributed by atoms with Crippen molar-refractivity contribution in [3.63, 3.8) is 0 Å². The van der Waals surface area contributed by atoms with Gasteiger partial charge in [-0.2, -0.15) is 0 Å². The van der Waals surface area contributed by atoms with Gasteiger partial charge in [-0.1, -0.05) is 176 Å². The number of furan rings is 1. The Bertz CT molecular complexity index is 3540. The van der Waals surface area contributed by atoms with Gasteiger partial charge in [0.05, 0.1) is 17.0 Å². The molecule has 2 aromatic heterocycles. The van der Waals surface area contributed by atoms with E-state index in [2.05, 4.69) is 187 Å². The molecule has 59 heavy (non-hydrogen) atoms. The molecule has 10 aromatic rings. The zero-order valence-electron chi connectivity index (χ0n) is 31.8. The van der Waals surface area contributed by atoms with Crippen molar-refractivity contribution in [1.29, 1.82) is 0 Å². The van der Waals surface area contributed by atoms with Crippen LogP contribution in [-0.2, 0) is 0 Å². The van der Waals surface area contributed by atoms with Crippen LogP contribution in [0, 0.1) is 0 Å². The number of nitrogens with one attached hydrogen (secondary N) is 1. The predicted molar refractivity (Wildman–Crippen MR) is 241 cm³/mol.